The molecule has 0 aliphatic carbocycles. The number of aliphatic carboxylic acids is 1. The fourth-order valence-corrected chi connectivity index (χ4v) is 3.30. The zero-order valence-corrected chi connectivity index (χ0v) is 18.5. The molecule has 0 aliphatic rings. The van der Waals surface area contributed by atoms with E-state index in [-0.39, 0.29) is 18.2 Å². The summed E-state index contributed by atoms with van der Waals surface area (Å²) in [6, 6.07) is 19.6. The van der Waals surface area contributed by atoms with Crippen LogP contribution >= 0.6 is 12.4 Å². The van der Waals surface area contributed by atoms with Crippen molar-refractivity contribution in [2.75, 3.05) is 24.3 Å². The number of rotatable bonds is 7. The minimum absolute atomic E-state index is 0. The highest BCUT2D eigenvalue weighted by molar-refractivity contribution is 5.95. The lowest BCUT2D eigenvalue weighted by Gasteiger charge is -2.23. The van der Waals surface area contributed by atoms with Gasteiger partial charge in [0.25, 0.3) is 0 Å². The number of nitrogens with two attached hydrogens (primary N) is 1. The van der Waals surface area contributed by atoms with Gasteiger partial charge >= 0.3 is 0 Å². The normalized spacial score (nSPS) is 11.2. The van der Waals surface area contributed by atoms with Crippen LogP contribution in [0.4, 0.5) is 11.4 Å². The quantitative estimate of drug-likeness (QED) is 0.388. The van der Waals surface area contributed by atoms with Gasteiger partial charge in [0.05, 0.1) is 12.0 Å². The standard InChI is InChI=1S/C24H26N4O2.ClH/c1-15-11-18(17-5-4-6-21(14-17)28(2)3)13-19(12-15)22(24(29)30)27-20-9-7-16(8-10-20)23(25)26;/h4-14,22,27H,1-3H3,(H3,25,26)(H,29,30);1H/p-1. The van der Waals surface area contributed by atoms with Gasteiger partial charge in [0.2, 0.25) is 0 Å². The van der Waals surface area contributed by atoms with Gasteiger partial charge in [0.15, 0.2) is 0 Å². The van der Waals surface area contributed by atoms with E-state index in [4.69, 9.17) is 11.1 Å². The molecule has 0 radical (unpaired) electrons. The lowest BCUT2D eigenvalue weighted by Crippen LogP contribution is -2.34. The predicted octanol–water partition coefficient (Wildman–Crippen LogP) is 3.34. The van der Waals surface area contributed by atoms with Crippen molar-refractivity contribution in [2.24, 2.45) is 5.73 Å². The Balaban J connectivity index is 0.00000341. The summed E-state index contributed by atoms with van der Waals surface area (Å²) in [6.07, 6.45) is 0. The molecule has 0 aromatic heterocycles. The van der Waals surface area contributed by atoms with Gasteiger partial charge in [0, 0.05) is 31.0 Å². The first kappa shape index (κ1) is 23.8. The van der Waals surface area contributed by atoms with Crippen LogP contribution in [0, 0.1) is 12.3 Å². The van der Waals surface area contributed by atoms with Crippen molar-refractivity contribution in [2.45, 2.75) is 13.0 Å². The first-order valence-corrected chi connectivity index (χ1v) is 9.56. The maximum atomic E-state index is 11.9. The Bertz CT molecular complexity index is 1080. The summed E-state index contributed by atoms with van der Waals surface area (Å²) < 4.78 is 0. The summed E-state index contributed by atoms with van der Waals surface area (Å²) >= 11 is 0. The van der Waals surface area contributed by atoms with Crippen molar-refractivity contribution >= 4 is 35.6 Å². The maximum absolute atomic E-state index is 11.9. The van der Waals surface area contributed by atoms with Crippen LogP contribution in [0.1, 0.15) is 22.7 Å². The van der Waals surface area contributed by atoms with Crippen molar-refractivity contribution in [3.63, 3.8) is 0 Å². The number of nitrogens with zero attached hydrogens (tertiary/aromatic N) is 1. The fraction of sp³-hybridized carbons (Fsp3) is 0.167. The summed E-state index contributed by atoms with van der Waals surface area (Å²) in [6.45, 7) is 1.94. The molecular formula is C24H26ClN4O2-. The summed E-state index contributed by atoms with van der Waals surface area (Å²) in [5.41, 5.74) is 11.2. The summed E-state index contributed by atoms with van der Waals surface area (Å²) in [7, 11) is 3.96. The maximum Gasteiger partial charge on any atom is 0.122 e. The summed E-state index contributed by atoms with van der Waals surface area (Å²) in [4.78, 5) is 14.0. The van der Waals surface area contributed by atoms with E-state index in [1.165, 1.54) is 0 Å². The molecular weight excluding hydrogens is 412 g/mol. The molecule has 1 unspecified atom stereocenters. The van der Waals surface area contributed by atoms with Crippen molar-refractivity contribution < 1.29 is 9.90 Å². The van der Waals surface area contributed by atoms with Crippen LogP contribution in [0.25, 0.3) is 11.1 Å². The Labute approximate surface area is 188 Å². The van der Waals surface area contributed by atoms with Gasteiger partial charge < -0.3 is 25.9 Å². The second-order valence-electron chi connectivity index (χ2n) is 7.46. The van der Waals surface area contributed by atoms with Gasteiger partial charge in [-0.25, -0.2) is 0 Å². The Kier molecular flexibility index (Phi) is 7.67. The van der Waals surface area contributed by atoms with Crippen molar-refractivity contribution in [3.8, 4) is 11.1 Å². The van der Waals surface area contributed by atoms with Gasteiger partial charge in [-0.3, -0.25) is 5.41 Å². The topological polar surface area (TPSA) is 105 Å². The molecule has 7 heteroatoms. The zero-order chi connectivity index (χ0) is 21.8. The third-order valence-electron chi connectivity index (χ3n) is 4.87. The number of nitrogen functional groups attached to an aromatic ring is 1. The smallest absolute Gasteiger partial charge is 0.122 e. The molecule has 3 aromatic carbocycles. The molecule has 0 aliphatic heterocycles. The van der Waals surface area contributed by atoms with E-state index in [9.17, 15) is 9.90 Å². The number of hydrogen-bond donors (Lipinski definition) is 3. The van der Waals surface area contributed by atoms with Gasteiger partial charge in [-0.15, -0.1) is 12.4 Å². The second-order valence-corrected chi connectivity index (χ2v) is 7.46. The number of hydrogen-bond acceptors (Lipinski definition) is 5. The number of nitrogens with one attached hydrogen (secondary N) is 2. The van der Waals surface area contributed by atoms with Crippen LogP contribution in [-0.4, -0.2) is 25.9 Å². The number of aryl methyl sites for hydroxylation is 1. The van der Waals surface area contributed by atoms with Crippen LogP contribution in [-0.2, 0) is 4.79 Å². The van der Waals surface area contributed by atoms with Gasteiger partial charge in [0.1, 0.15) is 5.84 Å². The fourth-order valence-electron chi connectivity index (χ4n) is 3.30. The molecule has 0 heterocycles. The predicted molar refractivity (Wildman–Crippen MR) is 127 cm³/mol. The van der Waals surface area contributed by atoms with E-state index >= 15 is 0 Å². The summed E-state index contributed by atoms with van der Waals surface area (Å²) in [5.74, 6) is -1.26. The Morgan fingerprint density at radius 2 is 1.71 bits per heavy atom. The molecule has 31 heavy (non-hydrogen) atoms. The number of carboxylic acids is 1. The molecule has 6 nitrogen and oxygen atoms in total. The Hall–Kier alpha value is -3.51. The van der Waals surface area contributed by atoms with Crippen LogP contribution in [0.3, 0.4) is 0 Å². The molecule has 1 atom stereocenters. The molecule has 162 valence electrons. The van der Waals surface area contributed by atoms with Crippen LogP contribution in [0.5, 0.6) is 0 Å². The molecule has 0 fully saturated rings. The number of benzene rings is 3. The number of halogens is 1. The molecule has 0 spiro atoms. The number of carboxylic acid groups (broad SMARTS) is 1. The van der Waals surface area contributed by atoms with E-state index in [0.717, 1.165) is 22.4 Å². The average Bonchev–Trinajstić information content (AvgIpc) is 2.71. The van der Waals surface area contributed by atoms with Gasteiger partial charge in [-0.1, -0.05) is 29.8 Å². The molecule has 4 N–H and O–H groups in total. The average molecular weight is 438 g/mol. The SMILES string of the molecule is Cc1cc(-c2cccc(N(C)C)c2)cc(C(Nc2ccc(C(=N)N)cc2)C(=O)[O-])c1.Cl. The zero-order valence-electron chi connectivity index (χ0n) is 17.7. The van der Waals surface area contributed by atoms with E-state index in [2.05, 4.69) is 11.4 Å². The second kappa shape index (κ2) is 10.00. The lowest BCUT2D eigenvalue weighted by atomic mass is 9.96. The van der Waals surface area contributed by atoms with Crippen LogP contribution in [0.2, 0.25) is 0 Å². The van der Waals surface area contributed by atoms with Crippen LogP contribution < -0.4 is 21.1 Å². The third-order valence-corrected chi connectivity index (χ3v) is 4.87. The molecule has 3 rings (SSSR count). The number of anilines is 2. The van der Waals surface area contributed by atoms with Crippen molar-refractivity contribution in [3.05, 3.63) is 83.4 Å². The highest BCUT2D eigenvalue weighted by Crippen LogP contribution is 2.29. The molecule has 0 amide bonds. The van der Waals surface area contributed by atoms with E-state index < -0.39 is 12.0 Å². The number of carbonyl (C=O) groups excluding carboxylic acids is 1. The number of carbonyl (C=O) groups is 1. The third kappa shape index (κ3) is 5.77. The summed E-state index contributed by atoms with van der Waals surface area (Å²) in [5, 5.41) is 22.4. The lowest BCUT2D eigenvalue weighted by molar-refractivity contribution is -0.307. The van der Waals surface area contributed by atoms with Crippen LogP contribution in [0.15, 0.2) is 66.7 Å². The molecule has 0 saturated heterocycles. The Morgan fingerprint density at radius 1 is 1.03 bits per heavy atom. The molecule has 0 saturated carbocycles. The van der Waals surface area contributed by atoms with E-state index in [1.807, 2.05) is 62.3 Å². The highest BCUT2D eigenvalue weighted by atomic mass is 35.5. The first-order chi connectivity index (χ1) is 14.2. The van der Waals surface area contributed by atoms with Crippen molar-refractivity contribution in [1.82, 2.24) is 0 Å². The van der Waals surface area contributed by atoms with Crippen molar-refractivity contribution in [1.29, 1.82) is 5.41 Å². The highest BCUT2D eigenvalue weighted by Gasteiger charge is 2.15. The monoisotopic (exact) mass is 437 g/mol. The van der Waals surface area contributed by atoms with Gasteiger partial charge in [-0.05, 0) is 66.1 Å². The Morgan fingerprint density at radius 3 is 2.29 bits per heavy atom. The number of amidine groups is 1. The molecule has 3 aromatic rings. The first-order valence-electron chi connectivity index (χ1n) is 9.56. The minimum atomic E-state index is -1.22. The minimum Gasteiger partial charge on any atom is -0.548 e. The van der Waals surface area contributed by atoms with Gasteiger partial charge in [-0.2, -0.15) is 0 Å². The van der Waals surface area contributed by atoms with E-state index in [0.29, 0.717) is 16.8 Å². The largest absolute Gasteiger partial charge is 0.548 e. The van der Waals surface area contributed by atoms with E-state index in [1.54, 1.807) is 24.3 Å². The molecule has 0 bridgehead atoms.